The predicted octanol–water partition coefficient (Wildman–Crippen LogP) is 4.13. The van der Waals surface area contributed by atoms with E-state index in [4.69, 9.17) is 9.26 Å². The molecule has 1 saturated carbocycles. The van der Waals surface area contributed by atoms with Gasteiger partial charge >= 0.3 is 12.3 Å². The van der Waals surface area contributed by atoms with Gasteiger partial charge < -0.3 is 19.3 Å². The van der Waals surface area contributed by atoms with E-state index in [1.54, 1.807) is 0 Å². The Morgan fingerprint density at radius 2 is 1.90 bits per heavy atom. The number of nitrogens with one attached hydrogen (secondary N) is 1. The number of amides is 1. The molecule has 0 radical (unpaired) electrons. The number of nitrogens with zero attached hydrogens (tertiary/aromatic N) is 2. The summed E-state index contributed by atoms with van der Waals surface area (Å²) in [5.74, 6) is -0.335. The summed E-state index contributed by atoms with van der Waals surface area (Å²) in [6, 6.07) is 4.60. The molecule has 11 heteroatoms. The van der Waals surface area contributed by atoms with Crippen LogP contribution < -0.4 is 10.1 Å². The van der Waals surface area contributed by atoms with Gasteiger partial charge in [-0.2, -0.15) is 4.98 Å². The van der Waals surface area contributed by atoms with Crippen LogP contribution in [-0.2, 0) is 20.7 Å². The molecule has 1 aliphatic carbocycles. The first-order chi connectivity index (χ1) is 14.7. The van der Waals surface area contributed by atoms with Gasteiger partial charge in [-0.1, -0.05) is 18.0 Å². The average molecular weight is 441 g/mol. The van der Waals surface area contributed by atoms with Crippen molar-refractivity contribution in [1.29, 1.82) is 0 Å². The summed E-state index contributed by atoms with van der Waals surface area (Å²) in [5.41, 5.74) is 0.229. The molecule has 1 aromatic carbocycles. The summed E-state index contributed by atoms with van der Waals surface area (Å²) in [6.45, 7) is 1.39. The number of hydrogen-bond acceptors (Lipinski definition) is 7. The van der Waals surface area contributed by atoms with Gasteiger partial charge in [-0.15, -0.1) is 13.2 Å². The smallest absolute Gasteiger partial charge is 0.453 e. The van der Waals surface area contributed by atoms with Crippen molar-refractivity contribution in [1.82, 2.24) is 10.1 Å². The largest absolute Gasteiger partial charge is 0.573 e. The van der Waals surface area contributed by atoms with Crippen molar-refractivity contribution in [3.8, 4) is 5.75 Å². The minimum atomic E-state index is -4.80. The number of carbonyl (C=O) groups is 2. The average Bonchev–Trinajstić information content (AvgIpc) is 3.38. The minimum absolute atomic E-state index is 0.0343. The Hall–Kier alpha value is -3.11. The molecule has 0 bridgehead atoms. The van der Waals surface area contributed by atoms with Crippen LogP contribution in [-0.4, -0.2) is 34.5 Å². The van der Waals surface area contributed by atoms with Gasteiger partial charge in [0.1, 0.15) is 5.75 Å². The standard InChI is InChI=1S/C20H22F3N3O5/c1-12(19(28)24-14-6-8-15(9-7-14)30-20(21,22)23)29-17(27)11-10-16-25-18(26-31-16)13-4-2-3-5-13/h6-9,12-13H,2-5,10-11H2,1H3,(H,24,28)/t12-/m1/s1. The van der Waals surface area contributed by atoms with Crippen LogP contribution in [0.3, 0.4) is 0 Å². The molecule has 1 amide bonds. The maximum absolute atomic E-state index is 12.2. The summed E-state index contributed by atoms with van der Waals surface area (Å²) in [5, 5.41) is 6.42. The highest BCUT2D eigenvalue weighted by molar-refractivity contribution is 5.95. The molecule has 0 aliphatic heterocycles. The van der Waals surface area contributed by atoms with Crippen molar-refractivity contribution in [3.63, 3.8) is 0 Å². The van der Waals surface area contributed by atoms with Crippen LogP contribution >= 0.6 is 0 Å². The molecule has 1 aliphatic rings. The lowest BCUT2D eigenvalue weighted by molar-refractivity contribution is -0.274. The molecular formula is C20H22F3N3O5. The fourth-order valence-electron chi connectivity index (χ4n) is 3.22. The Bertz CT molecular complexity index is 892. The predicted molar refractivity (Wildman–Crippen MR) is 101 cm³/mol. The molecule has 31 heavy (non-hydrogen) atoms. The van der Waals surface area contributed by atoms with E-state index in [2.05, 4.69) is 20.2 Å². The molecule has 1 atom stereocenters. The molecule has 1 fully saturated rings. The van der Waals surface area contributed by atoms with Crippen LogP contribution in [0.4, 0.5) is 18.9 Å². The normalized spacial score (nSPS) is 15.5. The van der Waals surface area contributed by atoms with E-state index in [0.29, 0.717) is 17.6 Å². The molecule has 0 unspecified atom stereocenters. The highest BCUT2D eigenvalue weighted by Crippen LogP contribution is 2.32. The first-order valence-corrected chi connectivity index (χ1v) is 9.88. The lowest BCUT2D eigenvalue weighted by atomic mass is 10.1. The van der Waals surface area contributed by atoms with Crippen molar-refractivity contribution in [2.45, 2.75) is 63.8 Å². The van der Waals surface area contributed by atoms with Crippen LogP contribution in [0.2, 0.25) is 0 Å². The highest BCUT2D eigenvalue weighted by atomic mass is 19.4. The van der Waals surface area contributed by atoms with E-state index in [0.717, 1.165) is 37.8 Å². The van der Waals surface area contributed by atoms with Gasteiger partial charge in [0.2, 0.25) is 5.89 Å². The van der Waals surface area contributed by atoms with Crippen LogP contribution in [0.15, 0.2) is 28.8 Å². The molecule has 3 rings (SSSR count). The van der Waals surface area contributed by atoms with E-state index in [9.17, 15) is 22.8 Å². The topological polar surface area (TPSA) is 104 Å². The summed E-state index contributed by atoms with van der Waals surface area (Å²) in [4.78, 5) is 28.5. The van der Waals surface area contributed by atoms with Crippen molar-refractivity contribution < 1.29 is 36.8 Å². The molecule has 1 heterocycles. The maximum Gasteiger partial charge on any atom is 0.573 e. The lowest BCUT2D eigenvalue weighted by Crippen LogP contribution is -2.30. The number of hydrogen-bond donors (Lipinski definition) is 1. The van der Waals surface area contributed by atoms with Gasteiger partial charge in [0.05, 0.1) is 6.42 Å². The molecule has 2 aromatic rings. The summed E-state index contributed by atoms with van der Waals surface area (Å²) in [7, 11) is 0. The lowest BCUT2D eigenvalue weighted by Gasteiger charge is -2.14. The molecule has 168 valence electrons. The zero-order valence-electron chi connectivity index (χ0n) is 16.8. The Morgan fingerprint density at radius 3 is 2.55 bits per heavy atom. The number of rotatable bonds is 8. The van der Waals surface area contributed by atoms with Crippen molar-refractivity contribution in [2.75, 3.05) is 5.32 Å². The zero-order chi connectivity index (χ0) is 22.4. The fourth-order valence-corrected chi connectivity index (χ4v) is 3.22. The number of alkyl halides is 3. The molecule has 0 saturated heterocycles. The second-order valence-corrected chi connectivity index (χ2v) is 7.22. The monoisotopic (exact) mass is 441 g/mol. The minimum Gasteiger partial charge on any atom is -0.453 e. The number of ether oxygens (including phenoxy) is 2. The summed E-state index contributed by atoms with van der Waals surface area (Å²) >= 11 is 0. The second-order valence-electron chi connectivity index (χ2n) is 7.22. The molecule has 1 N–H and O–H groups in total. The van der Waals surface area contributed by atoms with Crippen molar-refractivity contribution >= 4 is 17.6 Å². The third kappa shape index (κ3) is 6.97. The molecule has 1 aromatic heterocycles. The number of anilines is 1. The van der Waals surface area contributed by atoms with E-state index in [1.807, 2.05) is 0 Å². The van der Waals surface area contributed by atoms with Crippen LogP contribution in [0.25, 0.3) is 0 Å². The number of halogens is 3. The second kappa shape index (κ2) is 9.80. The third-order valence-electron chi connectivity index (χ3n) is 4.78. The number of aromatic nitrogens is 2. The van der Waals surface area contributed by atoms with Crippen molar-refractivity contribution in [3.05, 3.63) is 36.0 Å². The van der Waals surface area contributed by atoms with E-state index >= 15 is 0 Å². The number of carbonyl (C=O) groups excluding carboxylic acids is 2. The van der Waals surface area contributed by atoms with E-state index < -0.39 is 30.1 Å². The molecule has 8 nitrogen and oxygen atoms in total. The Morgan fingerprint density at radius 1 is 1.23 bits per heavy atom. The zero-order valence-corrected chi connectivity index (χ0v) is 16.8. The SMILES string of the molecule is C[C@@H](OC(=O)CCc1nc(C2CCCC2)no1)C(=O)Nc1ccc(OC(F)(F)F)cc1. The third-order valence-corrected chi connectivity index (χ3v) is 4.78. The molecule has 0 spiro atoms. The first kappa shape index (κ1) is 22.6. The van der Waals surface area contributed by atoms with Crippen LogP contribution in [0.1, 0.15) is 56.7 Å². The molecular weight excluding hydrogens is 419 g/mol. The van der Waals surface area contributed by atoms with Crippen LogP contribution in [0, 0.1) is 0 Å². The van der Waals surface area contributed by atoms with Gasteiger partial charge in [0.25, 0.3) is 5.91 Å². The van der Waals surface area contributed by atoms with E-state index in [1.165, 1.54) is 19.1 Å². The van der Waals surface area contributed by atoms with Gasteiger partial charge in [-0.05, 0) is 44.0 Å². The maximum atomic E-state index is 12.2. The Balaban J connectivity index is 1.42. The van der Waals surface area contributed by atoms with Gasteiger partial charge in [0.15, 0.2) is 11.9 Å². The fraction of sp³-hybridized carbons (Fsp3) is 0.500. The quantitative estimate of drug-likeness (QED) is 0.615. The first-order valence-electron chi connectivity index (χ1n) is 9.88. The highest BCUT2D eigenvalue weighted by Gasteiger charge is 2.31. The van der Waals surface area contributed by atoms with E-state index in [-0.39, 0.29) is 18.5 Å². The van der Waals surface area contributed by atoms with Crippen molar-refractivity contribution in [2.24, 2.45) is 0 Å². The number of aryl methyl sites for hydroxylation is 1. The summed E-state index contributed by atoms with van der Waals surface area (Å²) < 4.78 is 50.5. The number of benzene rings is 1. The van der Waals surface area contributed by atoms with Crippen LogP contribution in [0.5, 0.6) is 5.75 Å². The van der Waals surface area contributed by atoms with Gasteiger partial charge in [-0.3, -0.25) is 9.59 Å². The Kier molecular flexibility index (Phi) is 7.13. The number of esters is 1. The summed E-state index contributed by atoms with van der Waals surface area (Å²) in [6.07, 6.45) is -1.38. The Labute approximate surface area is 176 Å². The van der Waals surface area contributed by atoms with Gasteiger partial charge in [-0.25, -0.2) is 0 Å². The van der Waals surface area contributed by atoms with Gasteiger partial charge in [0, 0.05) is 18.0 Å².